The third-order valence-electron chi connectivity index (χ3n) is 10.2. The normalized spacial score (nSPS) is 29.6. The van der Waals surface area contributed by atoms with Crippen molar-refractivity contribution in [3.63, 3.8) is 0 Å². The van der Waals surface area contributed by atoms with Gasteiger partial charge in [-0.25, -0.2) is 4.79 Å². The number of hydrogen-bond donors (Lipinski definition) is 0. The van der Waals surface area contributed by atoms with E-state index < -0.39 is 73.2 Å². The number of methoxy groups -OCH3 is 2. The second kappa shape index (κ2) is 19.6. The first kappa shape index (κ1) is 41.1. The lowest BCUT2D eigenvalue weighted by molar-refractivity contribution is -0.401. The zero-order valence-corrected chi connectivity index (χ0v) is 32.8. The van der Waals surface area contributed by atoms with Crippen molar-refractivity contribution in [3.05, 3.63) is 144 Å². The fourth-order valence-electron chi connectivity index (χ4n) is 7.36. The van der Waals surface area contributed by atoms with Crippen molar-refractivity contribution in [1.82, 2.24) is 0 Å². The summed E-state index contributed by atoms with van der Waals surface area (Å²) in [6, 6.07) is 38.3. The van der Waals surface area contributed by atoms with Crippen LogP contribution in [0.2, 0.25) is 0 Å². The van der Waals surface area contributed by atoms with E-state index in [-0.39, 0.29) is 26.4 Å². The molecule has 12 nitrogen and oxygen atoms in total. The maximum atomic E-state index is 13.8. The van der Waals surface area contributed by atoms with Crippen LogP contribution in [0.5, 0.6) is 0 Å². The Bertz CT molecular complexity index is 1800. The lowest BCUT2D eigenvalue weighted by Gasteiger charge is -2.52. The number of esters is 1. The van der Waals surface area contributed by atoms with Crippen LogP contribution in [0.25, 0.3) is 0 Å². The Morgan fingerprint density at radius 2 is 1.19 bits per heavy atom. The predicted molar refractivity (Wildman–Crippen MR) is 207 cm³/mol. The first-order valence-corrected chi connectivity index (χ1v) is 19.3. The highest BCUT2D eigenvalue weighted by Gasteiger charge is 2.57. The summed E-state index contributed by atoms with van der Waals surface area (Å²) in [6.07, 6.45) is -8.49. The Morgan fingerprint density at radius 1 is 0.632 bits per heavy atom. The third-order valence-corrected chi connectivity index (χ3v) is 10.2. The van der Waals surface area contributed by atoms with Crippen LogP contribution in [0.4, 0.5) is 0 Å². The van der Waals surface area contributed by atoms with Crippen molar-refractivity contribution in [2.45, 2.75) is 101 Å². The number of hydrogen-bond acceptors (Lipinski definition) is 12. The van der Waals surface area contributed by atoms with E-state index in [4.69, 9.17) is 52.1 Å². The lowest BCUT2D eigenvalue weighted by atomic mass is 9.95. The molecular weight excluding hydrogens is 732 g/mol. The Morgan fingerprint density at radius 3 is 1.77 bits per heavy atom. The van der Waals surface area contributed by atoms with Gasteiger partial charge in [0.05, 0.1) is 38.6 Å². The molecule has 3 aliphatic rings. The molecule has 0 bridgehead atoms. The van der Waals surface area contributed by atoms with E-state index in [1.54, 1.807) is 38.5 Å². The molecule has 0 spiro atoms. The zero-order chi connectivity index (χ0) is 39.6. The number of carbonyl (C=O) groups is 1. The van der Waals surface area contributed by atoms with Crippen molar-refractivity contribution in [1.29, 1.82) is 0 Å². The molecule has 3 saturated heterocycles. The van der Waals surface area contributed by atoms with E-state index in [1.807, 2.05) is 111 Å². The highest BCUT2D eigenvalue weighted by atomic mass is 16.8. The fraction of sp³-hybridized carbons (Fsp3) is 0.444. The van der Waals surface area contributed by atoms with E-state index in [0.29, 0.717) is 12.2 Å². The molecule has 4 aromatic carbocycles. The Balaban J connectivity index is 1.24. The number of rotatable bonds is 16. The quantitative estimate of drug-likeness (QED) is 0.120. The molecule has 0 radical (unpaired) electrons. The Labute approximate surface area is 334 Å². The molecule has 0 N–H and O–H groups in total. The highest BCUT2D eigenvalue weighted by Crippen LogP contribution is 2.38. The molecular formula is C45H52O12. The van der Waals surface area contributed by atoms with Crippen LogP contribution in [0.1, 0.15) is 40.9 Å². The van der Waals surface area contributed by atoms with E-state index >= 15 is 0 Å². The average Bonchev–Trinajstić information content (AvgIpc) is 3.24. The van der Waals surface area contributed by atoms with Crippen molar-refractivity contribution in [2.75, 3.05) is 27.4 Å². The molecule has 57 heavy (non-hydrogen) atoms. The minimum absolute atomic E-state index is 0.0946. The van der Waals surface area contributed by atoms with E-state index in [9.17, 15) is 4.79 Å². The van der Waals surface area contributed by atoms with Gasteiger partial charge in [-0.15, -0.1) is 0 Å². The smallest absolute Gasteiger partial charge is 0.338 e. The Hall–Kier alpha value is -4.05. The van der Waals surface area contributed by atoms with Crippen LogP contribution in [0, 0.1) is 0 Å². The number of carbonyl (C=O) groups excluding carboxylic acids is 1. The van der Waals surface area contributed by atoms with Gasteiger partial charge in [-0.2, -0.15) is 0 Å². The van der Waals surface area contributed by atoms with Gasteiger partial charge in [0.25, 0.3) is 0 Å². The van der Waals surface area contributed by atoms with Gasteiger partial charge in [0, 0.05) is 14.2 Å². The van der Waals surface area contributed by atoms with Crippen LogP contribution in [-0.4, -0.2) is 101 Å². The van der Waals surface area contributed by atoms with Gasteiger partial charge in [-0.05, 0) is 42.7 Å². The van der Waals surface area contributed by atoms with Crippen molar-refractivity contribution >= 4 is 5.97 Å². The standard InChI is InChI=1S/C45H52O12/c1-45(2)52-29-35-37(57-45)38(47-3)41(55-42(46)33-23-15-8-16-24-33)44(54-35)56-36-34(28-49-25-30-17-9-5-10-18-30)53-43(48-4)40(51-27-32-21-13-7-14-22-32)39(36)50-26-31-19-11-6-12-20-31/h5-24,34-41,43-44H,25-29H2,1-4H3/t34-,35?,36+,37+,38+,39?,40?,41?,43-,44-/m0/s1. The maximum absolute atomic E-state index is 13.8. The number of fused-ring (bicyclic) bond motifs is 1. The summed E-state index contributed by atoms with van der Waals surface area (Å²) in [5.74, 6) is -1.51. The molecule has 0 saturated carbocycles. The second-order valence-electron chi connectivity index (χ2n) is 14.7. The fourth-order valence-corrected chi connectivity index (χ4v) is 7.36. The third kappa shape index (κ3) is 10.5. The molecule has 304 valence electrons. The summed E-state index contributed by atoms with van der Waals surface area (Å²) in [4.78, 5) is 13.8. The summed E-state index contributed by atoms with van der Waals surface area (Å²) < 4.78 is 70.8. The van der Waals surface area contributed by atoms with E-state index in [2.05, 4.69) is 0 Å². The summed E-state index contributed by atoms with van der Waals surface area (Å²) >= 11 is 0. The van der Waals surface area contributed by atoms with E-state index in [0.717, 1.165) is 16.7 Å². The van der Waals surface area contributed by atoms with Gasteiger partial charge in [-0.1, -0.05) is 109 Å². The van der Waals surface area contributed by atoms with Gasteiger partial charge < -0.3 is 52.1 Å². The van der Waals surface area contributed by atoms with Gasteiger partial charge in [0.1, 0.15) is 42.7 Å². The van der Waals surface area contributed by atoms with Crippen LogP contribution < -0.4 is 0 Å². The molecule has 4 unspecified atom stereocenters. The first-order valence-electron chi connectivity index (χ1n) is 19.3. The maximum Gasteiger partial charge on any atom is 0.338 e. The second-order valence-corrected chi connectivity index (χ2v) is 14.7. The SMILES string of the molecule is CO[C@H]1O[C@@H](COCc2ccccc2)[C@@H](O[C@@H]2OC3COC(C)(C)O[C@H]3[C@@H](OC)C2OC(=O)c2ccccc2)C(OCc2ccccc2)C1OCc1ccccc1. The van der Waals surface area contributed by atoms with Crippen LogP contribution >= 0.6 is 0 Å². The predicted octanol–water partition coefficient (Wildman–Crippen LogP) is 6.25. The summed E-state index contributed by atoms with van der Waals surface area (Å²) in [7, 11) is 3.11. The largest absolute Gasteiger partial charge is 0.450 e. The van der Waals surface area contributed by atoms with Crippen molar-refractivity contribution in [3.8, 4) is 0 Å². The van der Waals surface area contributed by atoms with Gasteiger partial charge in [0.15, 0.2) is 24.5 Å². The van der Waals surface area contributed by atoms with Crippen LogP contribution in [0.15, 0.2) is 121 Å². The molecule has 12 heteroatoms. The minimum atomic E-state index is -1.20. The van der Waals surface area contributed by atoms with E-state index in [1.165, 1.54) is 0 Å². The number of ether oxygens (including phenoxy) is 11. The van der Waals surface area contributed by atoms with Gasteiger partial charge in [0.2, 0.25) is 0 Å². The minimum Gasteiger partial charge on any atom is -0.450 e. The molecule has 3 fully saturated rings. The van der Waals surface area contributed by atoms with Crippen molar-refractivity contribution < 1.29 is 56.9 Å². The average molecular weight is 785 g/mol. The molecule has 4 aromatic rings. The summed E-state index contributed by atoms with van der Waals surface area (Å²) in [5.41, 5.74) is 3.25. The molecule has 3 aliphatic heterocycles. The first-order chi connectivity index (χ1) is 27.8. The summed E-state index contributed by atoms with van der Waals surface area (Å²) in [6.45, 7) is 4.72. The topological polar surface area (TPSA) is 119 Å². The summed E-state index contributed by atoms with van der Waals surface area (Å²) in [5, 5.41) is 0. The highest BCUT2D eigenvalue weighted by molar-refractivity contribution is 5.89. The molecule has 3 heterocycles. The molecule has 0 amide bonds. The molecule has 7 rings (SSSR count). The Kier molecular flexibility index (Phi) is 14.1. The van der Waals surface area contributed by atoms with Crippen LogP contribution in [-0.2, 0) is 71.9 Å². The number of benzene rings is 4. The van der Waals surface area contributed by atoms with Crippen LogP contribution in [0.3, 0.4) is 0 Å². The zero-order valence-electron chi connectivity index (χ0n) is 32.8. The molecule has 10 atom stereocenters. The lowest BCUT2D eigenvalue weighted by Crippen LogP contribution is -2.68. The van der Waals surface area contributed by atoms with Gasteiger partial charge >= 0.3 is 5.97 Å². The monoisotopic (exact) mass is 784 g/mol. The van der Waals surface area contributed by atoms with Gasteiger partial charge in [-0.3, -0.25) is 0 Å². The molecule has 0 aliphatic carbocycles. The van der Waals surface area contributed by atoms with Crippen molar-refractivity contribution in [2.24, 2.45) is 0 Å². The molecule has 0 aromatic heterocycles.